The van der Waals surface area contributed by atoms with Gasteiger partial charge in [0.2, 0.25) is 0 Å². The summed E-state index contributed by atoms with van der Waals surface area (Å²) >= 11 is 0. The van der Waals surface area contributed by atoms with E-state index in [0.29, 0.717) is 0 Å². The van der Waals surface area contributed by atoms with E-state index in [9.17, 15) is 0 Å². The van der Waals surface area contributed by atoms with Crippen LogP contribution >= 0.6 is 0 Å². The lowest BCUT2D eigenvalue weighted by Crippen LogP contribution is -1.96. The van der Waals surface area contributed by atoms with E-state index in [0.717, 1.165) is 0 Å². The quantitative estimate of drug-likeness (QED) is 0.285. The third-order valence-corrected chi connectivity index (χ3v) is 5.99. The summed E-state index contributed by atoms with van der Waals surface area (Å²) in [6.07, 6.45) is 0. The highest BCUT2D eigenvalue weighted by molar-refractivity contribution is 6.17. The lowest BCUT2D eigenvalue weighted by molar-refractivity contribution is 1.18. The zero-order valence-electron chi connectivity index (χ0n) is 17.1. The molecule has 0 spiro atoms. The highest BCUT2D eigenvalue weighted by Crippen LogP contribution is 2.41. The smallest absolute Gasteiger partial charge is 0.0619 e. The molecule has 6 aromatic rings. The highest BCUT2D eigenvalue weighted by Gasteiger charge is 2.19. The Morgan fingerprint density at radius 3 is 1.23 bits per heavy atom. The monoisotopic (exact) mass is 395 g/mol. The molecule has 1 heteroatoms. The first-order chi connectivity index (χ1) is 15.4. The second-order valence-electron chi connectivity index (χ2n) is 7.81. The van der Waals surface area contributed by atoms with Gasteiger partial charge >= 0.3 is 0 Å². The van der Waals surface area contributed by atoms with Gasteiger partial charge in [-0.3, -0.25) is 0 Å². The van der Waals surface area contributed by atoms with Crippen LogP contribution in [0.1, 0.15) is 0 Å². The predicted molar refractivity (Wildman–Crippen MR) is 132 cm³/mol. The van der Waals surface area contributed by atoms with Crippen LogP contribution in [0.15, 0.2) is 127 Å². The van der Waals surface area contributed by atoms with E-state index >= 15 is 0 Å². The summed E-state index contributed by atoms with van der Waals surface area (Å²) < 4.78 is 2.44. The van der Waals surface area contributed by atoms with Gasteiger partial charge in [0.05, 0.1) is 11.0 Å². The fourth-order valence-corrected chi connectivity index (χ4v) is 4.65. The SMILES string of the molecule is c1ccc(-c2cccc3c4cccc(-c5ccccc5)c4n(-c4ccccc4)c23)cc1. The van der Waals surface area contributed by atoms with Crippen LogP contribution in [0.3, 0.4) is 0 Å². The van der Waals surface area contributed by atoms with Crippen LogP contribution in [0.5, 0.6) is 0 Å². The molecule has 0 saturated heterocycles. The van der Waals surface area contributed by atoms with E-state index in [-0.39, 0.29) is 0 Å². The largest absolute Gasteiger partial charge is 0.308 e. The summed E-state index contributed by atoms with van der Waals surface area (Å²) in [5.74, 6) is 0. The Balaban J connectivity index is 1.83. The van der Waals surface area contributed by atoms with E-state index < -0.39 is 0 Å². The standard InChI is InChI=1S/C30H21N/c1-4-12-22(13-5-1)25-18-10-20-27-28-21-11-19-26(23-14-6-2-7-15-23)30(28)31(29(25)27)24-16-8-3-9-17-24/h1-21H. The topological polar surface area (TPSA) is 4.93 Å². The van der Waals surface area contributed by atoms with Crippen LogP contribution in [-0.2, 0) is 0 Å². The molecule has 0 saturated carbocycles. The Morgan fingerprint density at radius 1 is 0.355 bits per heavy atom. The van der Waals surface area contributed by atoms with Crippen molar-refractivity contribution in [3.63, 3.8) is 0 Å². The van der Waals surface area contributed by atoms with Crippen LogP contribution < -0.4 is 0 Å². The molecule has 0 bridgehead atoms. The number of nitrogens with zero attached hydrogens (tertiary/aromatic N) is 1. The molecule has 0 aliphatic heterocycles. The molecule has 1 aromatic heterocycles. The van der Waals surface area contributed by atoms with Crippen molar-refractivity contribution in [2.24, 2.45) is 0 Å². The Bertz CT molecular complexity index is 1400. The van der Waals surface area contributed by atoms with Crippen LogP contribution in [0.25, 0.3) is 49.7 Å². The highest BCUT2D eigenvalue weighted by atomic mass is 15.0. The molecule has 31 heavy (non-hydrogen) atoms. The molecule has 1 heterocycles. The van der Waals surface area contributed by atoms with Crippen LogP contribution in [0.4, 0.5) is 0 Å². The van der Waals surface area contributed by atoms with Gasteiger partial charge in [-0.05, 0) is 23.3 Å². The summed E-state index contributed by atoms with van der Waals surface area (Å²) in [7, 11) is 0. The van der Waals surface area contributed by atoms with Gasteiger partial charge in [0.15, 0.2) is 0 Å². The number of aromatic nitrogens is 1. The molecule has 1 nitrogen and oxygen atoms in total. The molecule has 6 rings (SSSR count). The maximum absolute atomic E-state index is 2.44. The molecular formula is C30H21N. The van der Waals surface area contributed by atoms with Gasteiger partial charge in [0.1, 0.15) is 0 Å². The molecule has 146 valence electrons. The van der Waals surface area contributed by atoms with Crippen LogP contribution in [-0.4, -0.2) is 4.57 Å². The van der Waals surface area contributed by atoms with Crippen molar-refractivity contribution < 1.29 is 0 Å². The van der Waals surface area contributed by atoms with Gasteiger partial charge in [-0.25, -0.2) is 0 Å². The minimum absolute atomic E-state index is 1.18. The first-order valence-corrected chi connectivity index (χ1v) is 10.6. The van der Waals surface area contributed by atoms with Gasteiger partial charge in [-0.15, -0.1) is 0 Å². The van der Waals surface area contributed by atoms with Crippen molar-refractivity contribution in [3.8, 4) is 27.9 Å². The minimum Gasteiger partial charge on any atom is -0.308 e. The van der Waals surface area contributed by atoms with Gasteiger partial charge < -0.3 is 4.57 Å². The third-order valence-electron chi connectivity index (χ3n) is 5.99. The van der Waals surface area contributed by atoms with Crippen molar-refractivity contribution in [1.29, 1.82) is 0 Å². The minimum atomic E-state index is 1.18. The summed E-state index contributed by atoms with van der Waals surface area (Å²) in [6.45, 7) is 0. The molecule has 0 atom stereocenters. The summed E-state index contributed by atoms with van der Waals surface area (Å²) in [5.41, 5.74) is 8.63. The number of hydrogen-bond acceptors (Lipinski definition) is 0. The van der Waals surface area contributed by atoms with E-state index in [1.54, 1.807) is 0 Å². The molecular weight excluding hydrogens is 374 g/mol. The fraction of sp³-hybridized carbons (Fsp3) is 0. The molecule has 0 aliphatic rings. The zero-order valence-corrected chi connectivity index (χ0v) is 17.1. The maximum Gasteiger partial charge on any atom is 0.0619 e. The summed E-state index contributed by atoms with van der Waals surface area (Å²) in [6, 6.07) is 45.4. The molecule has 0 unspecified atom stereocenters. The van der Waals surface area contributed by atoms with E-state index in [2.05, 4.69) is 132 Å². The van der Waals surface area contributed by atoms with Crippen molar-refractivity contribution >= 4 is 21.8 Å². The number of benzene rings is 5. The zero-order chi connectivity index (χ0) is 20.6. The van der Waals surface area contributed by atoms with Crippen molar-refractivity contribution in [2.75, 3.05) is 0 Å². The fourth-order valence-electron chi connectivity index (χ4n) is 4.65. The van der Waals surface area contributed by atoms with E-state index in [1.165, 1.54) is 49.7 Å². The lowest BCUT2D eigenvalue weighted by Gasteiger charge is -2.13. The first-order valence-electron chi connectivity index (χ1n) is 10.6. The maximum atomic E-state index is 2.44. The molecule has 5 aromatic carbocycles. The lowest BCUT2D eigenvalue weighted by atomic mass is 10.0. The number of fused-ring (bicyclic) bond motifs is 3. The van der Waals surface area contributed by atoms with Crippen molar-refractivity contribution in [1.82, 2.24) is 4.57 Å². The van der Waals surface area contributed by atoms with E-state index in [4.69, 9.17) is 0 Å². The Kier molecular flexibility index (Phi) is 4.18. The predicted octanol–water partition coefficient (Wildman–Crippen LogP) is 8.12. The third kappa shape index (κ3) is 2.86. The molecule has 0 fully saturated rings. The van der Waals surface area contributed by atoms with Gasteiger partial charge in [-0.1, -0.05) is 115 Å². The Morgan fingerprint density at radius 2 is 0.774 bits per heavy atom. The molecule has 0 radical (unpaired) electrons. The van der Waals surface area contributed by atoms with E-state index in [1.807, 2.05) is 0 Å². The normalized spacial score (nSPS) is 11.2. The summed E-state index contributed by atoms with van der Waals surface area (Å²) in [4.78, 5) is 0. The van der Waals surface area contributed by atoms with Crippen molar-refractivity contribution in [3.05, 3.63) is 127 Å². The number of rotatable bonds is 3. The van der Waals surface area contributed by atoms with Gasteiger partial charge in [0.25, 0.3) is 0 Å². The van der Waals surface area contributed by atoms with Crippen LogP contribution in [0.2, 0.25) is 0 Å². The molecule has 0 N–H and O–H groups in total. The average molecular weight is 396 g/mol. The van der Waals surface area contributed by atoms with Crippen molar-refractivity contribution in [2.45, 2.75) is 0 Å². The molecule has 0 aliphatic carbocycles. The first kappa shape index (κ1) is 17.7. The number of para-hydroxylation sites is 3. The second-order valence-corrected chi connectivity index (χ2v) is 7.81. The van der Waals surface area contributed by atoms with Gasteiger partial charge in [0, 0.05) is 27.6 Å². The average Bonchev–Trinajstić information content (AvgIpc) is 3.20. The molecule has 0 amide bonds. The Labute approximate surface area is 181 Å². The summed E-state index contributed by atoms with van der Waals surface area (Å²) in [5, 5.41) is 2.55. The second kappa shape index (κ2) is 7.30. The van der Waals surface area contributed by atoms with Crippen LogP contribution in [0, 0.1) is 0 Å². The Hall–Kier alpha value is -4.10. The number of hydrogen-bond donors (Lipinski definition) is 0. The van der Waals surface area contributed by atoms with Gasteiger partial charge in [-0.2, -0.15) is 0 Å².